The summed E-state index contributed by atoms with van der Waals surface area (Å²) >= 11 is 6.33. The van der Waals surface area contributed by atoms with Gasteiger partial charge in [0.25, 0.3) is 0 Å². The fraction of sp³-hybridized carbons (Fsp3) is 0.333. The van der Waals surface area contributed by atoms with E-state index in [0.29, 0.717) is 35.8 Å². The van der Waals surface area contributed by atoms with Crippen LogP contribution in [0.2, 0.25) is 5.02 Å². The van der Waals surface area contributed by atoms with Gasteiger partial charge in [-0.05, 0) is 31.3 Å². The molecule has 2 aromatic carbocycles. The van der Waals surface area contributed by atoms with Crippen LogP contribution in [0.15, 0.2) is 42.6 Å². The number of methoxy groups -OCH3 is 1. The first kappa shape index (κ1) is 26.7. The molecule has 2 N–H and O–H groups in total. The highest BCUT2D eigenvalue weighted by Crippen LogP contribution is 2.37. The molecule has 2 heterocycles. The summed E-state index contributed by atoms with van der Waals surface area (Å²) in [6.07, 6.45) is 2.51. The summed E-state index contributed by atoms with van der Waals surface area (Å²) in [5.41, 5.74) is 1.71. The van der Waals surface area contributed by atoms with Gasteiger partial charge in [0.2, 0.25) is 16.0 Å². The van der Waals surface area contributed by atoms with Gasteiger partial charge in [-0.25, -0.2) is 17.8 Å². The molecule has 3 aromatic rings. The van der Waals surface area contributed by atoms with Crippen molar-refractivity contribution in [3.63, 3.8) is 0 Å². The van der Waals surface area contributed by atoms with Crippen LogP contribution in [0.3, 0.4) is 0 Å². The van der Waals surface area contributed by atoms with E-state index in [1.54, 1.807) is 36.4 Å². The van der Waals surface area contributed by atoms with E-state index in [-0.39, 0.29) is 22.5 Å². The number of para-hydroxylation sites is 2. The Morgan fingerprint density at radius 2 is 1.78 bits per heavy atom. The van der Waals surface area contributed by atoms with Gasteiger partial charge in [-0.1, -0.05) is 23.7 Å². The zero-order valence-electron chi connectivity index (χ0n) is 21.0. The number of benzene rings is 2. The van der Waals surface area contributed by atoms with E-state index in [1.165, 1.54) is 20.4 Å². The first-order chi connectivity index (χ1) is 17.6. The average Bonchev–Trinajstić information content (AvgIpc) is 2.86. The first-order valence-corrected chi connectivity index (χ1v) is 13.7. The maximum Gasteiger partial charge on any atom is 0.232 e. The van der Waals surface area contributed by atoms with E-state index in [1.807, 2.05) is 11.9 Å². The highest BCUT2D eigenvalue weighted by Gasteiger charge is 2.22. The van der Waals surface area contributed by atoms with Crippen LogP contribution in [0.1, 0.15) is 0 Å². The molecule has 1 aliphatic rings. The van der Waals surface area contributed by atoms with Gasteiger partial charge in [0.15, 0.2) is 17.4 Å². The molecule has 1 fully saturated rings. The highest BCUT2D eigenvalue weighted by molar-refractivity contribution is 7.92. The molecule has 0 saturated carbocycles. The third-order valence-corrected chi connectivity index (χ3v) is 7.58. The van der Waals surface area contributed by atoms with E-state index in [2.05, 4.69) is 25.5 Å². The standard InChI is InChI=1S/C24H29ClFN7O3S/c1-31-11-13-33(14-12-31)20-10-9-18(22(36-3)21(20)26)29-24-27-15-16(25)23(30-24)28-17-7-5-6-8-19(17)32(2)37(4,34)35/h5-10,15H,11-14H2,1-4H3,(H2,27,28,29,30). The third kappa shape index (κ3) is 5.97. The van der Waals surface area contributed by atoms with Crippen molar-refractivity contribution in [3.8, 4) is 5.75 Å². The molecule has 0 unspecified atom stereocenters. The normalized spacial score (nSPS) is 14.4. The highest BCUT2D eigenvalue weighted by atomic mass is 35.5. The molecule has 1 saturated heterocycles. The molecule has 0 aliphatic carbocycles. The zero-order valence-corrected chi connectivity index (χ0v) is 22.6. The van der Waals surface area contributed by atoms with E-state index in [0.717, 1.165) is 23.7 Å². The number of hydrogen-bond acceptors (Lipinski definition) is 9. The Balaban J connectivity index is 1.61. The second-order valence-corrected chi connectivity index (χ2v) is 11.1. The first-order valence-electron chi connectivity index (χ1n) is 11.5. The Kier molecular flexibility index (Phi) is 7.90. The fourth-order valence-corrected chi connectivity index (χ4v) is 4.59. The van der Waals surface area contributed by atoms with Crippen LogP contribution < -0.4 is 24.6 Å². The number of aromatic nitrogens is 2. The summed E-state index contributed by atoms with van der Waals surface area (Å²) in [4.78, 5) is 12.8. The van der Waals surface area contributed by atoms with Crippen molar-refractivity contribution in [2.45, 2.75) is 0 Å². The van der Waals surface area contributed by atoms with Gasteiger partial charge in [0.1, 0.15) is 5.02 Å². The molecule has 0 radical (unpaired) electrons. The van der Waals surface area contributed by atoms with Crippen molar-refractivity contribution < 1.29 is 17.5 Å². The Morgan fingerprint density at radius 1 is 1.08 bits per heavy atom. The predicted molar refractivity (Wildman–Crippen MR) is 146 cm³/mol. The van der Waals surface area contributed by atoms with Crippen LogP contribution >= 0.6 is 11.6 Å². The van der Waals surface area contributed by atoms with Gasteiger partial charge in [-0.3, -0.25) is 4.31 Å². The summed E-state index contributed by atoms with van der Waals surface area (Å²) < 4.78 is 46.1. The topological polar surface area (TPSA) is 103 Å². The second-order valence-electron chi connectivity index (χ2n) is 8.66. The van der Waals surface area contributed by atoms with Crippen LogP contribution in [-0.4, -0.2) is 76.9 Å². The average molecular weight is 550 g/mol. The zero-order chi connectivity index (χ0) is 26.7. The number of piperazine rings is 1. The summed E-state index contributed by atoms with van der Waals surface area (Å²) in [5, 5.41) is 6.28. The fourth-order valence-electron chi connectivity index (χ4n) is 3.93. The lowest BCUT2D eigenvalue weighted by molar-refractivity contribution is 0.311. The molecule has 13 heteroatoms. The lowest BCUT2D eigenvalue weighted by atomic mass is 10.2. The summed E-state index contributed by atoms with van der Waals surface area (Å²) in [5.74, 6) is -0.0420. The number of rotatable bonds is 8. The van der Waals surface area contributed by atoms with Crippen molar-refractivity contribution in [1.29, 1.82) is 0 Å². The van der Waals surface area contributed by atoms with E-state index in [4.69, 9.17) is 16.3 Å². The summed E-state index contributed by atoms with van der Waals surface area (Å²) in [6.45, 7) is 3.13. The smallest absolute Gasteiger partial charge is 0.232 e. The summed E-state index contributed by atoms with van der Waals surface area (Å²) in [7, 11) is 1.41. The van der Waals surface area contributed by atoms with Gasteiger partial charge >= 0.3 is 0 Å². The van der Waals surface area contributed by atoms with Crippen molar-refractivity contribution in [3.05, 3.63) is 53.4 Å². The summed E-state index contributed by atoms with van der Waals surface area (Å²) in [6, 6.07) is 10.3. The van der Waals surface area contributed by atoms with Gasteiger partial charge in [-0.15, -0.1) is 0 Å². The number of halogens is 2. The minimum absolute atomic E-state index is 0.0459. The molecule has 37 heavy (non-hydrogen) atoms. The van der Waals surface area contributed by atoms with Crippen LogP contribution in [0, 0.1) is 5.82 Å². The number of hydrogen-bond donors (Lipinski definition) is 2. The minimum atomic E-state index is -3.50. The van der Waals surface area contributed by atoms with E-state index >= 15 is 4.39 Å². The molecule has 1 aromatic heterocycles. The molecule has 0 atom stereocenters. The number of anilines is 6. The molecular formula is C24H29ClFN7O3S. The number of sulfonamides is 1. The van der Waals surface area contributed by atoms with Crippen molar-refractivity contribution >= 4 is 56.1 Å². The Morgan fingerprint density at radius 3 is 2.46 bits per heavy atom. The Hall–Kier alpha value is -3.35. The molecule has 0 amide bonds. The van der Waals surface area contributed by atoms with Gasteiger partial charge in [0, 0.05) is 33.2 Å². The maximum absolute atomic E-state index is 15.4. The maximum atomic E-state index is 15.4. The van der Waals surface area contributed by atoms with Crippen LogP contribution in [-0.2, 0) is 10.0 Å². The molecular weight excluding hydrogens is 521 g/mol. The molecule has 0 bridgehead atoms. The van der Waals surface area contributed by atoms with Crippen molar-refractivity contribution in [2.24, 2.45) is 0 Å². The van der Waals surface area contributed by atoms with Crippen LogP contribution in [0.5, 0.6) is 5.75 Å². The second kappa shape index (κ2) is 11.0. The minimum Gasteiger partial charge on any atom is -0.492 e. The third-order valence-electron chi connectivity index (χ3n) is 6.11. The van der Waals surface area contributed by atoms with E-state index < -0.39 is 15.8 Å². The van der Waals surface area contributed by atoms with Gasteiger partial charge in [0.05, 0.1) is 42.3 Å². The number of nitrogens with zero attached hydrogens (tertiary/aromatic N) is 5. The van der Waals surface area contributed by atoms with Crippen molar-refractivity contribution in [1.82, 2.24) is 14.9 Å². The van der Waals surface area contributed by atoms with Crippen molar-refractivity contribution in [2.75, 3.05) is 73.5 Å². The quantitative estimate of drug-likeness (QED) is 0.433. The molecule has 10 nitrogen and oxygen atoms in total. The number of ether oxygens (including phenoxy) is 1. The van der Waals surface area contributed by atoms with E-state index in [9.17, 15) is 8.42 Å². The van der Waals surface area contributed by atoms with Crippen LogP contribution in [0.25, 0.3) is 0 Å². The monoisotopic (exact) mass is 549 g/mol. The molecule has 1 aliphatic heterocycles. The number of likely N-dealkylation sites (N-methyl/N-ethyl adjacent to an activating group) is 1. The lowest BCUT2D eigenvalue weighted by Crippen LogP contribution is -2.44. The molecule has 4 rings (SSSR count). The lowest BCUT2D eigenvalue weighted by Gasteiger charge is -2.34. The Labute approximate surface area is 221 Å². The molecule has 0 spiro atoms. The number of nitrogens with one attached hydrogen (secondary N) is 2. The van der Waals surface area contributed by atoms with Gasteiger partial charge < -0.3 is 25.2 Å². The largest absolute Gasteiger partial charge is 0.492 e. The molecule has 198 valence electrons. The Bertz CT molecular complexity index is 1380. The van der Waals surface area contributed by atoms with Gasteiger partial charge in [-0.2, -0.15) is 4.98 Å². The SMILES string of the molecule is COc1c(Nc2ncc(Cl)c(Nc3ccccc3N(C)S(C)(=O)=O)n2)ccc(N2CCN(C)CC2)c1F. The predicted octanol–water partition coefficient (Wildman–Crippen LogP) is 3.91. The van der Waals surface area contributed by atoms with Crippen LogP contribution in [0.4, 0.5) is 38.9 Å².